The van der Waals surface area contributed by atoms with Gasteiger partial charge in [0, 0.05) is 14.6 Å². The number of fused-ring (bicyclic) bond motifs is 1. The molecule has 0 radical (unpaired) electrons. The second-order valence-electron chi connectivity index (χ2n) is 5.09. The van der Waals surface area contributed by atoms with Crippen LogP contribution in [-0.2, 0) is 0 Å². The lowest BCUT2D eigenvalue weighted by Gasteiger charge is -2.11. The van der Waals surface area contributed by atoms with Crippen molar-refractivity contribution in [1.29, 1.82) is 0 Å². The van der Waals surface area contributed by atoms with E-state index in [0.717, 1.165) is 31.3 Å². The van der Waals surface area contributed by atoms with Gasteiger partial charge in [0.15, 0.2) is 0 Å². The van der Waals surface area contributed by atoms with Gasteiger partial charge in [-0.05, 0) is 64.7 Å². The van der Waals surface area contributed by atoms with Crippen LogP contribution in [0.25, 0.3) is 10.8 Å². The lowest BCUT2D eigenvalue weighted by molar-refractivity contribution is 0.262. The van der Waals surface area contributed by atoms with Crippen molar-refractivity contribution in [2.75, 3.05) is 10.6 Å². The summed E-state index contributed by atoms with van der Waals surface area (Å²) in [5, 5.41) is 7.96. The molecule has 2 N–H and O–H groups in total. The molecule has 0 heterocycles. The number of urea groups is 1. The predicted molar refractivity (Wildman–Crippen MR) is 100 cm³/mol. The Labute approximate surface area is 142 Å². The van der Waals surface area contributed by atoms with Crippen LogP contribution >= 0.6 is 22.6 Å². The van der Waals surface area contributed by atoms with Gasteiger partial charge in [0.05, 0.1) is 5.69 Å². The van der Waals surface area contributed by atoms with Crippen molar-refractivity contribution >= 4 is 50.8 Å². The number of nitrogens with one attached hydrogen (secondary N) is 2. The van der Waals surface area contributed by atoms with Crippen molar-refractivity contribution in [1.82, 2.24) is 0 Å². The molecule has 0 spiro atoms. The SMILES string of the molecule is Cc1cccc(NC(=O)Nc2ccc(I)c3ccccc23)c1. The summed E-state index contributed by atoms with van der Waals surface area (Å²) in [5.41, 5.74) is 2.70. The van der Waals surface area contributed by atoms with Crippen LogP contribution in [0.15, 0.2) is 60.7 Å². The minimum atomic E-state index is -0.239. The Morgan fingerprint density at radius 1 is 0.909 bits per heavy atom. The van der Waals surface area contributed by atoms with Crippen molar-refractivity contribution in [3.8, 4) is 0 Å². The van der Waals surface area contributed by atoms with Crippen molar-refractivity contribution in [3.05, 3.63) is 69.8 Å². The standard InChI is InChI=1S/C18H15IN2O/c1-12-5-4-6-13(11-12)20-18(22)21-17-10-9-16(19)14-7-2-3-8-15(14)17/h2-11H,1H3,(H2,20,21,22). The Bertz CT molecular complexity index is 845. The number of rotatable bonds is 2. The number of hydrogen-bond acceptors (Lipinski definition) is 1. The molecule has 110 valence electrons. The van der Waals surface area contributed by atoms with E-state index >= 15 is 0 Å². The molecule has 0 aliphatic heterocycles. The first-order valence-electron chi connectivity index (χ1n) is 6.95. The summed E-state index contributed by atoms with van der Waals surface area (Å²) < 4.78 is 1.16. The zero-order chi connectivity index (χ0) is 15.5. The first kappa shape index (κ1) is 14.8. The van der Waals surface area contributed by atoms with Crippen LogP contribution in [0.2, 0.25) is 0 Å². The van der Waals surface area contributed by atoms with E-state index in [2.05, 4.69) is 39.3 Å². The van der Waals surface area contributed by atoms with E-state index in [1.54, 1.807) is 0 Å². The molecule has 0 aromatic heterocycles. The van der Waals surface area contributed by atoms with Crippen molar-refractivity contribution in [3.63, 3.8) is 0 Å². The van der Waals surface area contributed by atoms with Gasteiger partial charge >= 0.3 is 6.03 Å². The first-order chi connectivity index (χ1) is 10.6. The molecule has 3 aromatic rings. The topological polar surface area (TPSA) is 41.1 Å². The van der Waals surface area contributed by atoms with Gasteiger partial charge in [-0.1, -0.05) is 36.4 Å². The normalized spacial score (nSPS) is 10.5. The molecule has 0 saturated heterocycles. The summed E-state index contributed by atoms with van der Waals surface area (Å²) >= 11 is 2.30. The van der Waals surface area contributed by atoms with Crippen molar-refractivity contribution < 1.29 is 4.79 Å². The highest BCUT2D eigenvalue weighted by Crippen LogP contribution is 2.27. The maximum absolute atomic E-state index is 12.2. The van der Waals surface area contributed by atoms with Crippen molar-refractivity contribution in [2.45, 2.75) is 6.92 Å². The molecule has 3 rings (SSSR count). The van der Waals surface area contributed by atoms with Gasteiger partial charge in [-0.2, -0.15) is 0 Å². The van der Waals surface area contributed by atoms with E-state index in [0.29, 0.717) is 0 Å². The fourth-order valence-electron chi connectivity index (χ4n) is 2.38. The van der Waals surface area contributed by atoms with Gasteiger partial charge in [0.1, 0.15) is 0 Å². The van der Waals surface area contributed by atoms with E-state index < -0.39 is 0 Å². The monoisotopic (exact) mass is 402 g/mol. The summed E-state index contributed by atoms with van der Waals surface area (Å²) in [4.78, 5) is 12.2. The summed E-state index contributed by atoms with van der Waals surface area (Å²) in [6.07, 6.45) is 0. The minimum Gasteiger partial charge on any atom is -0.308 e. The zero-order valence-corrected chi connectivity index (χ0v) is 14.2. The molecule has 0 atom stereocenters. The molecule has 4 heteroatoms. The van der Waals surface area contributed by atoms with E-state index in [1.165, 1.54) is 0 Å². The van der Waals surface area contributed by atoms with E-state index in [1.807, 2.05) is 61.5 Å². The molecule has 0 bridgehead atoms. The number of benzene rings is 3. The van der Waals surface area contributed by atoms with E-state index in [9.17, 15) is 4.79 Å². The highest BCUT2D eigenvalue weighted by Gasteiger charge is 2.07. The molecular formula is C18H15IN2O. The first-order valence-corrected chi connectivity index (χ1v) is 8.03. The van der Waals surface area contributed by atoms with Gasteiger partial charge in [-0.25, -0.2) is 4.79 Å². The largest absolute Gasteiger partial charge is 0.323 e. The number of amides is 2. The zero-order valence-electron chi connectivity index (χ0n) is 12.1. The molecule has 0 aliphatic carbocycles. The van der Waals surface area contributed by atoms with Gasteiger partial charge in [0.2, 0.25) is 0 Å². The molecular weight excluding hydrogens is 387 g/mol. The molecule has 2 amide bonds. The summed E-state index contributed by atoms with van der Waals surface area (Å²) in [5.74, 6) is 0. The lowest BCUT2D eigenvalue weighted by Crippen LogP contribution is -2.19. The predicted octanol–water partition coefficient (Wildman–Crippen LogP) is 5.40. The third kappa shape index (κ3) is 3.22. The van der Waals surface area contributed by atoms with Crippen LogP contribution in [0.1, 0.15) is 5.56 Å². The number of anilines is 2. The quantitative estimate of drug-likeness (QED) is 0.554. The third-order valence-electron chi connectivity index (χ3n) is 3.40. The van der Waals surface area contributed by atoms with Crippen LogP contribution in [0.4, 0.5) is 16.2 Å². The second-order valence-corrected chi connectivity index (χ2v) is 6.25. The Hall–Kier alpha value is -2.08. The highest BCUT2D eigenvalue weighted by molar-refractivity contribution is 14.1. The maximum atomic E-state index is 12.2. The molecule has 0 aliphatic rings. The van der Waals surface area contributed by atoms with Crippen LogP contribution in [0.5, 0.6) is 0 Å². The Morgan fingerprint density at radius 3 is 2.45 bits per heavy atom. The van der Waals surface area contributed by atoms with Gasteiger partial charge in [-0.3, -0.25) is 0 Å². The fourth-order valence-corrected chi connectivity index (χ4v) is 3.03. The number of carbonyl (C=O) groups is 1. The van der Waals surface area contributed by atoms with E-state index in [4.69, 9.17) is 0 Å². The maximum Gasteiger partial charge on any atom is 0.323 e. The Morgan fingerprint density at radius 2 is 1.68 bits per heavy atom. The molecule has 3 nitrogen and oxygen atoms in total. The average Bonchev–Trinajstić information content (AvgIpc) is 2.50. The Balaban J connectivity index is 1.84. The summed E-state index contributed by atoms with van der Waals surface area (Å²) in [6, 6.07) is 19.5. The van der Waals surface area contributed by atoms with Crippen LogP contribution in [0.3, 0.4) is 0 Å². The lowest BCUT2D eigenvalue weighted by atomic mass is 10.1. The van der Waals surface area contributed by atoms with Gasteiger partial charge in [-0.15, -0.1) is 0 Å². The number of aryl methyl sites for hydroxylation is 1. The summed E-state index contributed by atoms with van der Waals surface area (Å²) in [6.45, 7) is 2.00. The molecule has 0 unspecified atom stereocenters. The molecule has 0 fully saturated rings. The number of halogens is 1. The number of carbonyl (C=O) groups excluding carboxylic acids is 1. The molecule has 3 aromatic carbocycles. The number of hydrogen-bond donors (Lipinski definition) is 2. The minimum absolute atomic E-state index is 0.239. The van der Waals surface area contributed by atoms with Crippen LogP contribution in [0, 0.1) is 10.5 Å². The fraction of sp³-hybridized carbons (Fsp3) is 0.0556. The summed E-state index contributed by atoms with van der Waals surface area (Å²) in [7, 11) is 0. The van der Waals surface area contributed by atoms with Crippen molar-refractivity contribution in [2.24, 2.45) is 0 Å². The van der Waals surface area contributed by atoms with Gasteiger partial charge < -0.3 is 10.6 Å². The van der Waals surface area contributed by atoms with Crippen LogP contribution in [-0.4, -0.2) is 6.03 Å². The van der Waals surface area contributed by atoms with E-state index in [-0.39, 0.29) is 6.03 Å². The smallest absolute Gasteiger partial charge is 0.308 e. The second kappa shape index (κ2) is 6.36. The Kier molecular flexibility index (Phi) is 4.29. The molecule has 22 heavy (non-hydrogen) atoms. The van der Waals surface area contributed by atoms with Crippen LogP contribution < -0.4 is 10.6 Å². The average molecular weight is 402 g/mol. The van der Waals surface area contributed by atoms with Gasteiger partial charge in [0.25, 0.3) is 0 Å². The molecule has 0 saturated carbocycles. The third-order valence-corrected chi connectivity index (χ3v) is 4.34. The highest BCUT2D eigenvalue weighted by atomic mass is 127.